The molecule has 3 aromatic rings. The molecule has 0 aromatic heterocycles. The lowest BCUT2D eigenvalue weighted by Crippen LogP contribution is -2.54. The number of carbonyl (C=O) groups excluding carboxylic acids is 4. The van der Waals surface area contributed by atoms with Crippen LogP contribution in [0.4, 0.5) is 21.9 Å². The van der Waals surface area contributed by atoms with Crippen LogP contribution in [0.15, 0.2) is 60.2 Å². The molecule has 11 nitrogen and oxygen atoms in total. The van der Waals surface area contributed by atoms with Crippen molar-refractivity contribution >= 4 is 93.3 Å². The molecule has 5 amide bonds. The molecule has 1 saturated heterocycles. The SMILES string of the molecule is O=C(COc1c(Cl)cc(/C=C2/C(=O)NC(=O)N(c3cccc([N+](=O)[O-])c3)C2=O)cc1Cl)Nc1ccc(Cl)c(Cl)c1. The Morgan fingerprint density at radius 2 is 1.68 bits per heavy atom. The summed E-state index contributed by atoms with van der Waals surface area (Å²) in [6, 6.07) is 10.9. The van der Waals surface area contributed by atoms with Crippen molar-refractivity contribution in [2.45, 2.75) is 0 Å². The molecular weight excluding hydrogens is 610 g/mol. The molecule has 0 saturated carbocycles. The zero-order valence-corrected chi connectivity index (χ0v) is 22.8. The zero-order chi connectivity index (χ0) is 29.1. The Morgan fingerprint density at radius 1 is 0.975 bits per heavy atom. The van der Waals surface area contributed by atoms with Gasteiger partial charge in [0, 0.05) is 17.8 Å². The maximum absolute atomic E-state index is 13.1. The number of halogens is 4. The summed E-state index contributed by atoms with van der Waals surface area (Å²) in [6.45, 7) is -0.471. The highest BCUT2D eigenvalue weighted by Crippen LogP contribution is 2.35. The first kappa shape index (κ1) is 28.8. The Morgan fingerprint density at radius 3 is 2.33 bits per heavy atom. The molecule has 1 heterocycles. The summed E-state index contributed by atoms with van der Waals surface area (Å²) >= 11 is 24.4. The second-order valence-electron chi connectivity index (χ2n) is 8.01. The monoisotopic (exact) mass is 622 g/mol. The lowest BCUT2D eigenvalue weighted by Gasteiger charge is -2.26. The molecule has 1 aliphatic rings. The summed E-state index contributed by atoms with van der Waals surface area (Å²) in [6.07, 6.45) is 1.13. The van der Waals surface area contributed by atoms with E-state index in [2.05, 4.69) is 5.32 Å². The molecule has 0 aliphatic carbocycles. The Hall–Kier alpha value is -4.16. The summed E-state index contributed by atoms with van der Waals surface area (Å²) in [7, 11) is 0. The molecule has 3 aromatic carbocycles. The molecule has 4 rings (SSSR count). The second kappa shape index (κ2) is 11.9. The van der Waals surface area contributed by atoms with Gasteiger partial charge in [-0.25, -0.2) is 9.69 Å². The van der Waals surface area contributed by atoms with Gasteiger partial charge >= 0.3 is 6.03 Å². The number of nitrogens with one attached hydrogen (secondary N) is 2. The first-order valence-electron chi connectivity index (χ1n) is 11.0. The lowest BCUT2D eigenvalue weighted by molar-refractivity contribution is -0.384. The van der Waals surface area contributed by atoms with Crippen molar-refractivity contribution in [3.63, 3.8) is 0 Å². The second-order valence-corrected chi connectivity index (χ2v) is 9.64. The molecule has 1 fully saturated rings. The van der Waals surface area contributed by atoms with Gasteiger partial charge in [0.15, 0.2) is 12.4 Å². The molecule has 40 heavy (non-hydrogen) atoms. The number of barbiturate groups is 1. The highest BCUT2D eigenvalue weighted by molar-refractivity contribution is 6.42. The van der Waals surface area contributed by atoms with E-state index in [1.165, 1.54) is 42.5 Å². The van der Waals surface area contributed by atoms with Crippen molar-refractivity contribution in [1.82, 2.24) is 5.32 Å². The van der Waals surface area contributed by atoms with Gasteiger partial charge in [-0.1, -0.05) is 52.5 Å². The number of amides is 5. The number of non-ortho nitro benzene ring substituents is 1. The summed E-state index contributed by atoms with van der Waals surface area (Å²) in [5.74, 6) is -2.61. The van der Waals surface area contributed by atoms with Crippen LogP contribution in [0.25, 0.3) is 6.08 Å². The van der Waals surface area contributed by atoms with E-state index in [1.54, 1.807) is 6.07 Å². The fraction of sp³-hybridized carbons (Fsp3) is 0.0400. The van der Waals surface area contributed by atoms with Crippen LogP contribution in [-0.4, -0.2) is 35.3 Å². The third-order valence-corrected chi connectivity index (χ3v) is 6.58. The number of nitro benzene ring substituents is 1. The van der Waals surface area contributed by atoms with Crippen molar-refractivity contribution in [2.24, 2.45) is 0 Å². The van der Waals surface area contributed by atoms with E-state index in [0.29, 0.717) is 15.6 Å². The van der Waals surface area contributed by atoms with Crippen LogP contribution in [0.5, 0.6) is 5.75 Å². The molecule has 0 unspecified atom stereocenters. The van der Waals surface area contributed by atoms with Crippen LogP contribution >= 0.6 is 46.4 Å². The molecule has 0 spiro atoms. The normalized spacial score (nSPS) is 14.2. The highest BCUT2D eigenvalue weighted by atomic mass is 35.5. The average Bonchev–Trinajstić information content (AvgIpc) is 2.88. The van der Waals surface area contributed by atoms with E-state index in [9.17, 15) is 29.3 Å². The summed E-state index contributed by atoms with van der Waals surface area (Å²) in [5.41, 5.74) is -0.369. The number of nitrogens with zero attached hydrogens (tertiary/aromatic N) is 2. The van der Waals surface area contributed by atoms with Crippen LogP contribution in [-0.2, 0) is 14.4 Å². The van der Waals surface area contributed by atoms with Gasteiger partial charge in [0.1, 0.15) is 5.57 Å². The van der Waals surface area contributed by atoms with Crippen molar-refractivity contribution < 1.29 is 28.8 Å². The fourth-order valence-electron chi connectivity index (χ4n) is 3.51. The third kappa shape index (κ3) is 6.35. The Bertz CT molecular complexity index is 1600. The van der Waals surface area contributed by atoms with Crippen LogP contribution in [0, 0.1) is 10.1 Å². The molecule has 0 atom stereocenters. The Kier molecular flexibility index (Phi) is 8.60. The minimum Gasteiger partial charge on any atom is -0.481 e. The van der Waals surface area contributed by atoms with E-state index < -0.39 is 40.9 Å². The lowest BCUT2D eigenvalue weighted by atomic mass is 10.1. The van der Waals surface area contributed by atoms with E-state index in [1.807, 2.05) is 5.32 Å². The number of carbonyl (C=O) groups is 4. The minimum absolute atomic E-state index is 0.0393. The van der Waals surface area contributed by atoms with Gasteiger partial charge < -0.3 is 10.1 Å². The molecule has 15 heteroatoms. The van der Waals surface area contributed by atoms with Crippen LogP contribution in [0.1, 0.15) is 5.56 Å². The van der Waals surface area contributed by atoms with Gasteiger partial charge in [0.2, 0.25) is 0 Å². The van der Waals surface area contributed by atoms with Crippen molar-refractivity contribution in [1.29, 1.82) is 0 Å². The number of benzene rings is 3. The van der Waals surface area contributed by atoms with Crippen molar-refractivity contribution in [3.8, 4) is 5.75 Å². The maximum atomic E-state index is 13.1. The average molecular weight is 624 g/mol. The van der Waals surface area contributed by atoms with Gasteiger partial charge in [-0.15, -0.1) is 0 Å². The third-order valence-electron chi connectivity index (χ3n) is 5.28. The zero-order valence-electron chi connectivity index (χ0n) is 19.7. The summed E-state index contributed by atoms with van der Waals surface area (Å²) in [4.78, 5) is 61.2. The number of ether oxygens (including phenoxy) is 1. The standard InChI is InChI=1S/C25H14Cl4N4O7/c26-17-5-4-13(9-18(17)27)30-21(34)11-40-22-19(28)7-12(8-20(22)29)6-16-23(35)31-25(37)32(24(16)36)14-2-1-3-15(10-14)33(38)39/h1-10H,11H2,(H,30,34)(H,31,35,37)/b16-6-. The van der Waals surface area contributed by atoms with E-state index in [0.717, 1.165) is 12.1 Å². The topological polar surface area (TPSA) is 148 Å². The van der Waals surface area contributed by atoms with Crippen LogP contribution in [0.2, 0.25) is 20.1 Å². The molecule has 0 bridgehead atoms. The predicted octanol–water partition coefficient (Wildman–Crippen LogP) is 5.89. The number of rotatable bonds is 7. The molecule has 0 radical (unpaired) electrons. The maximum Gasteiger partial charge on any atom is 0.335 e. The van der Waals surface area contributed by atoms with Gasteiger partial charge in [0.05, 0.1) is 30.7 Å². The van der Waals surface area contributed by atoms with Gasteiger partial charge in [-0.3, -0.25) is 29.8 Å². The van der Waals surface area contributed by atoms with Crippen LogP contribution in [0.3, 0.4) is 0 Å². The number of hydrogen-bond acceptors (Lipinski definition) is 7. The van der Waals surface area contributed by atoms with E-state index in [4.69, 9.17) is 51.1 Å². The van der Waals surface area contributed by atoms with Crippen LogP contribution < -0.4 is 20.3 Å². The quantitative estimate of drug-likeness (QED) is 0.144. The number of hydrogen-bond donors (Lipinski definition) is 2. The van der Waals surface area contributed by atoms with Gasteiger partial charge in [-0.2, -0.15) is 0 Å². The first-order chi connectivity index (χ1) is 18.9. The summed E-state index contributed by atoms with van der Waals surface area (Å²) in [5, 5.41) is 16.2. The number of urea groups is 1. The van der Waals surface area contributed by atoms with Gasteiger partial charge in [-0.05, 0) is 48.0 Å². The van der Waals surface area contributed by atoms with Crippen molar-refractivity contribution in [2.75, 3.05) is 16.8 Å². The molecule has 1 aliphatic heterocycles. The van der Waals surface area contributed by atoms with E-state index >= 15 is 0 Å². The number of anilines is 2. The van der Waals surface area contributed by atoms with Gasteiger partial charge in [0.25, 0.3) is 23.4 Å². The number of imide groups is 2. The Balaban J connectivity index is 1.53. The smallest absolute Gasteiger partial charge is 0.335 e. The Labute approximate surface area is 245 Å². The van der Waals surface area contributed by atoms with Crippen molar-refractivity contribution in [3.05, 3.63) is 95.9 Å². The predicted molar refractivity (Wildman–Crippen MR) is 149 cm³/mol. The fourth-order valence-corrected chi connectivity index (χ4v) is 4.42. The molecule has 204 valence electrons. The summed E-state index contributed by atoms with van der Waals surface area (Å²) < 4.78 is 5.45. The number of nitro groups is 1. The minimum atomic E-state index is -1.08. The first-order valence-corrected chi connectivity index (χ1v) is 12.5. The highest BCUT2D eigenvalue weighted by Gasteiger charge is 2.37. The largest absolute Gasteiger partial charge is 0.481 e. The molecular formula is C25H14Cl4N4O7. The van der Waals surface area contributed by atoms with E-state index in [-0.39, 0.29) is 37.8 Å². The molecule has 2 N–H and O–H groups in total.